The molecule has 2 N–H and O–H groups in total. The van der Waals surface area contributed by atoms with E-state index in [-0.39, 0.29) is 5.82 Å². The van der Waals surface area contributed by atoms with Crippen molar-refractivity contribution in [2.75, 3.05) is 6.54 Å². The van der Waals surface area contributed by atoms with Gasteiger partial charge in [-0.25, -0.2) is 4.39 Å². The molecule has 0 bridgehead atoms. The molecule has 21 heavy (non-hydrogen) atoms. The molecule has 118 valence electrons. The maximum absolute atomic E-state index is 13.5. The van der Waals surface area contributed by atoms with E-state index in [0.29, 0.717) is 17.3 Å². The third-order valence-corrected chi connectivity index (χ3v) is 5.46. The van der Waals surface area contributed by atoms with Crippen LogP contribution in [0.25, 0.3) is 0 Å². The minimum Gasteiger partial charge on any atom is -0.330 e. The molecule has 0 radical (unpaired) electrons. The molecule has 1 aliphatic carbocycles. The number of rotatable bonds is 3. The topological polar surface area (TPSA) is 26.0 Å². The smallest absolute Gasteiger partial charge is 0.123 e. The van der Waals surface area contributed by atoms with Gasteiger partial charge < -0.3 is 5.73 Å². The van der Waals surface area contributed by atoms with Crippen molar-refractivity contribution in [2.45, 2.75) is 53.4 Å². The summed E-state index contributed by atoms with van der Waals surface area (Å²) >= 11 is 0. The van der Waals surface area contributed by atoms with Gasteiger partial charge >= 0.3 is 0 Å². The maximum Gasteiger partial charge on any atom is 0.123 e. The van der Waals surface area contributed by atoms with Crippen LogP contribution in [0, 0.1) is 35.9 Å². The Morgan fingerprint density at radius 2 is 1.90 bits per heavy atom. The van der Waals surface area contributed by atoms with E-state index in [1.165, 1.54) is 24.8 Å². The predicted octanol–water partition coefficient (Wildman–Crippen LogP) is 4.71. The van der Waals surface area contributed by atoms with Gasteiger partial charge in [-0.3, -0.25) is 0 Å². The average Bonchev–Trinajstić information content (AvgIpc) is 2.42. The lowest BCUT2D eigenvalue weighted by molar-refractivity contribution is 0.101. The van der Waals surface area contributed by atoms with Crippen LogP contribution in [0.2, 0.25) is 0 Å². The summed E-state index contributed by atoms with van der Waals surface area (Å²) in [4.78, 5) is 0. The van der Waals surface area contributed by atoms with Crippen LogP contribution in [0.3, 0.4) is 0 Å². The van der Waals surface area contributed by atoms with Crippen molar-refractivity contribution in [3.05, 3.63) is 35.1 Å². The highest BCUT2D eigenvalue weighted by Gasteiger charge is 2.35. The van der Waals surface area contributed by atoms with Crippen LogP contribution in [0.1, 0.15) is 51.2 Å². The minimum absolute atomic E-state index is 0.122. The van der Waals surface area contributed by atoms with E-state index in [1.54, 1.807) is 12.1 Å². The Morgan fingerprint density at radius 3 is 2.52 bits per heavy atom. The Labute approximate surface area is 129 Å². The van der Waals surface area contributed by atoms with E-state index >= 15 is 0 Å². The first-order chi connectivity index (χ1) is 9.81. The van der Waals surface area contributed by atoms with E-state index in [9.17, 15) is 4.39 Å². The molecule has 0 aliphatic heterocycles. The Balaban J connectivity index is 2.16. The van der Waals surface area contributed by atoms with Crippen molar-refractivity contribution in [1.82, 2.24) is 0 Å². The lowest BCUT2D eigenvalue weighted by Crippen LogP contribution is -2.36. The van der Waals surface area contributed by atoms with Crippen molar-refractivity contribution in [2.24, 2.45) is 28.9 Å². The normalized spacial score (nSPS) is 26.9. The second-order valence-electron chi connectivity index (χ2n) is 7.91. The molecule has 0 heterocycles. The van der Waals surface area contributed by atoms with E-state index in [0.717, 1.165) is 24.4 Å². The Morgan fingerprint density at radius 1 is 1.19 bits per heavy atom. The fourth-order valence-corrected chi connectivity index (χ4v) is 3.82. The van der Waals surface area contributed by atoms with Crippen LogP contribution < -0.4 is 5.73 Å². The number of aryl methyl sites for hydroxylation is 1. The molecule has 1 aromatic rings. The number of hydrogen-bond donors (Lipinski definition) is 1. The zero-order valence-electron chi connectivity index (χ0n) is 14.0. The summed E-state index contributed by atoms with van der Waals surface area (Å²) in [6.07, 6.45) is 4.70. The summed E-state index contributed by atoms with van der Waals surface area (Å²) in [5, 5.41) is 0. The van der Waals surface area contributed by atoms with E-state index in [4.69, 9.17) is 5.73 Å². The van der Waals surface area contributed by atoms with Gasteiger partial charge in [0.15, 0.2) is 0 Å². The van der Waals surface area contributed by atoms with Gasteiger partial charge in [-0.05, 0) is 85.6 Å². The second-order valence-corrected chi connectivity index (χ2v) is 7.91. The van der Waals surface area contributed by atoms with Crippen LogP contribution in [0.4, 0.5) is 4.39 Å². The third kappa shape index (κ3) is 4.06. The first kappa shape index (κ1) is 16.5. The molecule has 1 aromatic carbocycles. The largest absolute Gasteiger partial charge is 0.330 e. The van der Waals surface area contributed by atoms with Crippen LogP contribution in [-0.4, -0.2) is 6.54 Å². The van der Waals surface area contributed by atoms with Gasteiger partial charge in [-0.2, -0.15) is 0 Å². The highest BCUT2D eigenvalue weighted by Crippen LogP contribution is 2.43. The molecule has 1 fully saturated rings. The third-order valence-electron chi connectivity index (χ3n) is 5.46. The molecular weight excluding hydrogens is 261 g/mol. The van der Waals surface area contributed by atoms with Gasteiger partial charge in [0, 0.05) is 0 Å². The first-order valence-corrected chi connectivity index (χ1v) is 8.26. The fourth-order valence-electron chi connectivity index (χ4n) is 3.82. The summed E-state index contributed by atoms with van der Waals surface area (Å²) < 4.78 is 13.5. The Kier molecular flexibility index (Phi) is 5.08. The summed E-state index contributed by atoms with van der Waals surface area (Å²) in [6, 6.07) is 5.16. The highest BCUT2D eigenvalue weighted by atomic mass is 19.1. The number of hydrogen-bond acceptors (Lipinski definition) is 1. The van der Waals surface area contributed by atoms with Gasteiger partial charge in [0.1, 0.15) is 5.82 Å². The minimum atomic E-state index is -0.122. The van der Waals surface area contributed by atoms with Crippen LogP contribution >= 0.6 is 0 Å². The van der Waals surface area contributed by atoms with E-state index in [2.05, 4.69) is 27.7 Å². The molecule has 3 unspecified atom stereocenters. The second kappa shape index (κ2) is 6.48. The van der Waals surface area contributed by atoms with Crippen molar-refractivity contribution in [3.63, 3.8) is 0 Å². The Hall–Kier alpha value is -0.890. The predicted molar refractivity (Wildman–Crippen MR) is 87.7 cm³/mol. The van der Waals surface area contributed by atoms with E-state index in [1.807, 2.05) is 6.07 Å². The highest BCUT2D eigenvalue weighted by molar-refractivity contribution is 5.27. The zero-order chi connectivity index (χ0) is 15.6. The van der Waals surface area contributed by atoms with Gasteiger partial charge in [-0.15, -0.1) is 0 Å². The molecule has 0 aromatic heterocycles. The quantitative estimate of drug-likeness (QED) is 0.857. The standard InChI is InChI=1S/C19H30FN/c1-13-5-8-18(20)11-15(13)9-16-10-17(19(2,3)4)7-6-14(16)12-21/h5,8,11,14,16-17H,6-7,9-10,12,21H2,1-4H3. The number of nitrogens with two attached hydrogens (primary N) is 1. The average molecular weight is 291 g/mol. The molecule has 2 heteroatoms. The van der Waals surface area contributed by atoms with Crippen molar-refractivity contribution in [3.8, 4) is 0 Å². The molecule has 2 rings (SSSR count). The monoisotopic (exact) mass is 291 g/mol. The molecule has 0 saturated heterocycles. The molecule has 0 amide bonds. The fraction of sp³-hybridized carbons (Fsp3) is 0.684. The SMILES string of the molecule is Cc1ccc(F)cc1CC1CC(C(C)(C)C)CCC1CN. The van der Waals surface area contributed by atoms with Gasteiger partial charge in [0.05, 0.1) is 0 Å². The molecule has 3 atom stereocenters. The van der Waals surface area contributed by atoms with Gasteiger partial charge in [0.25, 0.3) is 0 Å². The molecule has 1 nitrogen and oxygen atoms in total. The van der Waals surface area contributed by atoms with Gasteiger partial charge in [-0.1, -0.05) is 26.8 Å². The number of benzene rings is 1. The Bertz CT molecular complexity index is 475. The summed E-state index contributed by atoms with van der Waals surface area (Å²) in [5.74, 6) is 1.81. The molecule has 0 spiro atoms. The summed E-state index contributed by atoms with van der Waals surface area (Å²) in [7, 11) is 0. The zero-order valence-corrected chi connectivity index (χ0v) is 14.0. The van der Waals surface area contributed by atoms with Crippen LogP contribution in [0.5, 0.6) is 0 Å². The molecule has 1 aliphatic rings. The number of halogens is 1. The summed E-state index contributed by atoms with van der Waals surface area (Å²) in [6.45, 7) is 9.85. The van der Waals surface area contributed by atoms with Crippen molar-refractivity contribution < 1.29 is 4.39 Å². The van der Waals surface area contributed by atoms with Crippen molar-refractivity contribution >= 4 is 0 Å². The lowest BCUT2D eigenvalue weighted by Gasteiger charge is -2.42. The first-order valence-electron chi connectivity index (χ1n) is 8.26. The van der Waals surface area contributed by atoms with Gasteiger partial charge in [0.2, 0.25) is 0 Å². The van der Waals surface area contributed by atoms with Crippen LogP contribution in [0.15, 0.2) is 18.2 Å². The lowest BCUT2D eigenvalue weighted by atomic mass is 9.64. The van der Waals surface area contributed by atoms with Crippen LogP contribution in [-0.2, 0) is 6.42 Å². The molecular formula is C19H30FN. The summed E-state index contributed by atoms with van der Waals surface area (Å²) in [5.41, 5.74) is 8.71. The maximum atomic E-state index is 13.5. The molecule has 1 saturated carbocycles. The van der Waals surface area contributed by atoms with E-state index < -0.39 is 0 Å². The van der Waals surface area contributed by atoms with Crippen molar-refractivity contribution in [1.29, 1.82) is 0 Å².